The quantitative estimate of drug-likeness (QED) is 0.823. The van der Waals surface area contributed by atoms with Gasteiger partial charge in [0.2, 0.25) is 5.95 Å². The molecule has 2 N–H and O–H groups in total. The molecule has 2 aromatic rings. The maximum absolute atomic E-state index is 13.7. The molecule has 0 radical (unpaired) electrons. The van der Waals surface area contributed by atoms with E-state index in [-0.39, 0.29) is 17.0 Å². The largest absolute Gasteiger partial charge is 0.453 e. The molecule has 0 fully saturated rings. The molecule has 5 nitrogen and oxygen atoms in total. The summed E-state index contributed by atoms with van der Waals surface area (Å²) < 4.78 is 31.6. The van der Waals surface area contributed by atoms with Crippen LogP contribution in [-0.4, -0.2) is 23.2 Å². The van der Waals surface area contributed by atoms with Crippen molar-refractivity contribution in [2.24, 2.45) is 0 Å². The van der Waals surface area contributed by atoms with Crippen molar-refractivity contribution in [1.29, 1.82) is 0 Å². The van der Waals surface area contributed by atoms with E-state index in [2.05, 4.69) is 20.0 Å². The molecule has 1 amide bonds. The van der Waals surface area contributed by atoms with Gasteiger partial charge in [0.1, 0.15) is 5.52 Å². The van der Waals surface area contributed by atoms with Crippen molar-refractivity contribution in [2.45, 2.75) is 13.8 Å². The number of amides is 1. The van der Waals surface area contributed by atoms with Gasteiger partial charge in [-0.15, -0.1) is 0 Å². The van der Waals surface area contributed by atoms with E-state index in [0.29, 0.717) is 11.1 Å². The molecule has 0 bridgehead atoms. The lowest BCUT2D eigenvalue weighted by Crippen LogP contribution is -2.11. The molecule has 0 saturated carbocycles. The van der Waals surface area contributed by atoms with Gasteiger partial charge in [-0.05, 0) is 25.0 Å². The maximum Gasteiger partial charge on any atom is 0.413 e. The van der Waals surface area contributed by atoms with Crippen LogP contribution in [0.2, 0.25) is 0 Å². The molecule has 1 aromatic heterocycles. The Balaban J connectivity index is 2.61. The van der Waals surface area contributed by atoms with E-state index in [1.54, 1.807) is 6.92 Å². The van der Waals surface area contributed by atoms with E-state index < -0.39 is 17.7 Å². The molecule has 96 valence electrons. The molecule has 1 aromatic carbocycles. The average Bonchev–Trinajstić information content (AvgIpc) is 2.77. The fraction of sp³-hybridized carbons (Fsp3) is 0.273. The molecule has 0 spiro atoms. The lowest BCUT2D eigenvalue weighted by molar-refractivity contribution is 0.186. The summed E-state index contributed by atoms with van der Waals surface area (Å²) in [6.45, 7) is 3.11. The molecule has 0 saturated heterocycles. The highest BCUT2D eigenvalue weighted by atomic mass is 19.2. The highest BCUT2D eigenvalue weighted by Gasteiger charge is 2.19. The van der Waals surface area contributed by atoms with Crippen molar-refractivity contribution in [2.75, 3.05) is 12.4 Å². The van der Waals surface area contributed by atoms with Crippen LogP contribution in [0.15, 0.2) is 0 Å². The van der Waals surface area contributed by atoms with E-state index in [1.807, 2.05) is 0 Å². The Labute approximate surface area is 101 Å². The van der Waals surface area contributed by atoms with Crippen LogP contribution in [0.5, 0.6) is 0 Å². The van der Waals surface area contributed by atoms with E-state index >= 15 is 0 Å². The molecule has 0 aliphatic rings. The summed E-state index contributed by atoms with van der Waals surface area (Å²) in [6.07, 6.45) is -0.746. The second kappa shape index (κ2) is 4.25. The molecule has 0 unspecified atom stereocenters. The fourth-order valence-corrected chi connectivity index (χ4v) is 1.63. The van der Waals surface area contributed by atoms with Gasteiger partial charge in [-0.2, -0.15) is 0 Å². The molecule has 0 aliphatic heterocycles. The normalized spacial score (nSPS) is 10.7. The van der Waals surface area contributed by atoms with Gasteiger partial charge in [0.25, 0.3) is 0 Å². The maximum atomic E-state index is 13.7. The lowest BCUT2D eigenvalue weighted by Gasteiger charge is -2.03. The second-order valence-corrected chi connectivity index (χ2v) is 3.80. The highest BCUT2D eigenvalue weighted by molar-refractivity contribution is 5.88. The Morgan fingerprint density at radius 1 is 1.28 bits per heavy atom. The van der Waals surface area contributed by atoms with Gasteiger partial charge in [0, 0.05) is 0 Å². The van der Waals surface area contributed by atoms with Crippen LogP contribution < -0.4 is 5.32 Å². The third-order valence-corrected chi connectivity index (χ3v) is 2.78. The molecule has 0 atom stereocenters. The summed E-state index contributed by atoms with van der Waals surface area (Å²) in [5, 5.41) is 2.26. The number of anilines is 1. The number of carbonyl (C=O) groups is 1. The third-order valence-electron chi connectivity index (χ3n) is 2.78. The Hall–Kier alpha value is -2.18. The van der Waals surface area contributed by atoms with Crippen LogP contribution in [0.1, 0.15) is 11.1 Å². The first-order valence-electron chi connectivity index (χ1n) is 5.14. The average molecular weight is 255 g/mol. The fourth-order valence-electron chi connectivity index (χ4n) is 1.63. The van der Waals surface area contributed by atoms with E-state index in [9.17, 15) is 13.6 Å². The number of hydrogen-bond acceptors (Lipinski definition) is 3. The lowest BCUT2D eigenvalue weighted by atomic mass is 10.1. The summed E-state index contributed by atoms with van der Waals surface area (Å²) in [5.74, 6) is -1.97. The van der Waals surface area contributed by atoms with Crippen LogP contribution in [0.4, 0.5) is 19.5 Å². The number of rotatable bonds is 1. The van der Waals surface area contributed by atoms with Gasteiger partial charge in [0.15, 0.2) is 11.6 Å². The number of halogens is 2. The number of aryl methyl sites for hydroxylation is 1. The van der Waals surface area contributed by atoms with Gasteiger partial charge in [-0.3, -0.25) is 5.32 Å². The highest BCUT2D eigenvalue weighted by Crippen LogP contribution is 2.27. The van der Waals surface area contributed by atoms with E-state index in [1.165, 1.54) is 14.0 Å². The van der Waals surface area contributed by atoms with Crippen LogP contribution in [-0.2, 0) is 4.74 Å². The van der Waals surface area contributed by atoms with Gasteiger partial charge in [-0.1, -0.05) is 0 Å². The third kappa shape index (κ3) is 1.77. The van der Waals surface area contributed by atoms with Crippen LogP contribution in [0.3, 0.4) is 0 Å². The molecule has 7 heteroatoms. The predicted molar refractivity (Wildman–Crippen MR) is 61.5 cm³/mol. The first-order chi connectivity index (χ1) is 8.45. The Morgan fingerprint density at radius 3 is 2.56 bits per heavy atom. The number of ether oxygens (including phenoxy) is 1. The van der Waals surface area contributed by atoms with Gasteiger partial charge in [0.05, 0.1) is 12.6 Å². The Bertz CT molecular complexity index is 592. The number of H-pyrrole nitrogens is 1. The summed E-state index contributed by atoms with van der Waals surface area (Å²) in [4.78, 5) is 17.5. The number of aromatic amines is 1. The molecule has 0 aliphatic carbocycles. The summed E-state index contributed by atoms with van der Waals surface area (Å²) >= 11 is 0. The standard InChI is InChI=1S/C11H11F2N3O2/c1-4-5(2)8-9(7(13)6(4)12)15-10(14-8)16-11(17)18-3/h1-3H3,(H2,14,15,16,17). The second-order valence-electron chi connectivity index (χ2n) is 3.80. The van der Waals surface area contributed by atoms with Crippen LogP contribution in [0.25, 0.3) is 11.0 Å². The van der Waals surface area contributed by atoms with E-state index in [4.69, 9.17) is 0 Å². The first kappa shape index (κ1) is 12.3. The number of nitrogens with zero attached hydrogens (tertiary/aromatic N) is 1. The number of hydrogen-bond donors (Lipinski definition) is 2. The Kier molecular flexibility index (Phi) is 2.90. The smallest absolute Gasteiger partial charge is 0.413 e. The van der Waals surface area contributed by atoms with Crippen molar-refractivity contribution in [1.82, 2.24) is 9.97 Å². The first-order valence-corrected chi connectivity index (χ1v) is 5.14. The molecular formula is C11H11F2N3O2. The number of benzene rings is 1. The van der Waals surface area contributed by atoms with Crippen molar-refractivity contribution in [3.8, 4) is 0 Å². The minimum Gasteiger partial charge on any atom is -0.453 e. The molecule has 18 heavy (non-hydrogen) atoms. The number of carbonyl (C=O) groups excluding carboxylic acids is 1. The summed E-state index contributed by atoms with van der Waals surface area (Å²) in [6, 6.07) is 0. The van der Waals surface area contributed by atoms with Crippen LogP contribution >= 0.6 is 0 Å². The monoisotopic (exact) mass is 255 g/mol. The van der Waals surface area contributed by atoms with Gasteiger partial charge >= 0.3 is 6.09 Å². The van der Waals surface area contributed by atoms with Crippen LogP contribution in [0, 0.1) is 25.5 Å². The SMILES string of the molecule is COC(=O)Nc1nc2c(F)c(F)c(C)c(C)c2[nH]1. The Morgan fingerprint density at radius 2 is 1.94 bits per heavy atom. The number of aromatic nitrogens is 2. The van der Waals surface area contributed by atoms with Crippen molar-refractivity contribution in [3.63, 3.8) is 0 Å². The topological polar surface area (TPSA) is 67.0 Å². The van der Waals surface area contributed by atoms with Gasteiger partial charge < -0.3 is 9.72 Å². The summed E-state index contributed by atoms with van der Waals surface area (Å²) in [7, 11) is 1.19. The summed E-state index contributed by atoms with van der Waals surface area (Å²) in [5.41, 5.74) is 0.933. The van der Waals surface area contributed by atoms with Crippen molar-refractivity contribution >= 4 is 23.1 Å². The molecule has 1 heterocycles. The molecular weight excluding hydrogens is 244 g/mol. The minimum absolute atomic E-state index is 0.00356. The van der Waals surface area contributed by atoms with Crippen molar-refractivity contribution in [3.05, 3.63) is 22.8 Å². The van der Waals surface area contributed by atoms with Gasteiger partial charge in [-0.25, -0.2) is 18.6 Å². The molecule has 2 rings (SSSR count). The number of nitrogens with one attached hydrogen (secondary N) is 2. The van der Waals surface area contributed by atoms with E-state index in [0.717, 1.165) is 0 Å². The number of fused-ring (bicyclic) bond motifs is 1. The zero-order valence-electron chi connectivity index (χ0n) is 10.0. The zero-order valence-corrected chi connectivity index (χ0v) is 10.0. The van der Waals surface area contributed by atoms with Crippen molar-refractivity contribution < 1.29 is 18.3 Å². The number of methoxy groups -OCH3 is 1. The number of imidazole rings is 1. The zero-order chi connectivity index (χ0) is 13.4. The minimum atomic E-state index is -1.04. The predicted octanol–water partition coefficient (Wildman–Crippen LogP) is 2.64.